The quantitative estimate of drug-likeness (QED) is 0.940. The fourth-order valence-corrected chi connectivity index (χ4v) is 2.91. The Morgan fingerprint density at radius 1 is 1.44 bits per heavy atom. The Morgan fingerprint density at radius 2 is 2.19 bits per heavy atom. The number of nitrogens with zero attached hydrogens (tertiary/aromatic N) is 1. The predicted molar refractivity (Wildman–Crippen MR) is 69.7 cm³/mol. The van der Waals surface area contributed by atoms with Crippen LogP contribution in [0.3, 0.4) is 0 Å². The second-order valence-electron chi connectivity index (χ2n) is 3.46. The van der Waals surface area contributed by atoms with Crippen LogP contribution in [0.4, 0.5) is 0 Å². The highest BCUT2D eigenvalue weighted by Gasteiger charge is 2.16. The van der Waals surface area contributed by atoms with E-state index in [0.717, 1.165) is 21.6 Å². The molecule has 0 aliphatic carbocycles. The molecule has 1 N–H and O–H groups in total. The van der Waals surface area contributed by atoms with Gasteiger partial charge in [-0.25, -0.2) is 4.98 Å². The van der Waals surface area contributed by atoms with Gasteiger partial charge in [-0.2, -0.15) is 0 Å². The number of aryl methyl sites for hydroxylation is 1. The van der Waals surface area contributed by atoms with E-state index >= 15 is 0 Å². The van der Waals surface area contributed by atoms with Gasteiger partial charge in [0.25, 0.3) is 0 Å². The molecule has 84 valence electrons. The fourth-order valence-electron chi connectivity index (χ4n) is 1.65. The highest BCUT2D eigenvalue weighted by Crippen LogP contribution is 2.28. The molecule has 16 heavy (non-hydrogen) atoms. The predicted octanol–water partition coefficient (Wildman–Crippen LogP) is 3.55. The van der Waals surface area contributed by atoms with Crippen LogP contribution in [0, 0.1) is 0 Å². The minimum atomic E-state index is -0.618. The minimum Gasteiger partial charge on any atom is -0.381 e. The largest absolute Gasteiger partial charge is 0.381 e. The molecule has 0 spiro atoms. The number of aliphatic hydroxyl groups excluding tert-OH is 1. The van der Waals surface area contributed by atoms with E-state index < -0.39 is 6.10 Å². The Balaban J connectivity index is 2.36. The van der Waals surface area contributed by atoms with E-state index in [0.29, 0.717) is 0 Å². The summed E-state index contributed by atoms with van der Waals surface area (Å²) in [5.74, 6) is 0. The molecule has 2 nitrogen and oxygen atoms in total. The number of hydrogen-bond acceptors (Lipinski definition) is 3. The normalized spacial score (nSPS) is 12.7. The smallest absolute Gasteiger partial charge is 0.131 e. The van der Waals surface area contributed by atoms with E-state index in [1.165, 1.54) is 16.9 Å². The molecular formula is C12H12BrNOS. The molecule has 0 saturated carbocycles. The first-order valence-electron chi connectivity index (χ1n) is 5.09. The average Bonchev–Trinajstić information content (AvgIpc) is 2.75. The first kappa shape index (κ1) is 11.8. The number of hydrogen-bond donors (Lipinski definition) is 1. The molecule has 0 fully saturated rings. The lowest BCUT2D eigenvalue weighted by atomic mass is 10.0. The van der Waals surface area contributed by atoms with Crippen LogP contribution >= 0.6 is 27.3 Å². The zero-order valence-corrected chi connectivity index (χ0v) is 11.3. The van der Waals surface area contributed by atoms with Gasteiger partial charge in [-0.3, -0.25) is 0 Å². The van der Waals surface area contributed by atoms with Crippen molar-refractivity contribution in [3.63, 3.8) is 0 Å². The van der Waals surface area contributed by atoms with Gasteiger partial charge >= 0.3 is 0 Å². The number of halogens is 1. The van der Waals surface area contributed by atoms with E-state index in [4.69, 9.17) is 0 Å². The molecule has 2 rings (SSSR count). The highest BCUT2D eigenvalue weighted by atomic mass is 79.9. The van der Waals surface area contributed by atoms with Crippen LogP contribution in [0.15, 0.2) is 34.2 Å². The van der Waals surface area contributed by atoms with Crippen LogP contribution in [0.1, 0.15) is 29.2 Å². The van der Waals surface area contributed by atoms with Crippen molar-refractivity contribution in [3.05, 3.63) is 50.4 Å². The van der Waals surface area contributed by atoms with Gasteiger partial charge in [0.2, 0.25) is 0 Å². The molecule has 0 amide bonds. The Kier molecular flexibility index (Phi) is 3.74. The summed E-state index contributed by atoms with van der Waals surface area (Å²) < 4.78 is 0.778. The first-order chi connectivity index (χ1) is 7.72. The standard InChI is InChI=1S/C12H12BrNOS/c1-2-8-5-3-4-6-9(8)11(15)12-14-10(13)7-16-12/h3-7,11,15H,2H2,1H3. The Labute approximate surface area is 107 Å². The van der Waals surface area contributed by atoms with Gasteiger partial charge in [0.15, 0.2) is 0 Å². The van der Waals surface area contributed by atoms with Crippen molar-refractivity contribution in [3.8, 4) is 0 Å². The molecular weight excluding hydrogens is 286 g/mol. The van der Waals surface area contributed by atoms with Gasteiger partial charge in [-0.1, -0.05) is 31.2 Å². The summed E-state index contributed by atoms with van der Waals surface area (Å²) in [7, 11) is 0. The lowest BCUT2D eigenvalue weighted by molar-refractivity contribution is 0.218. The van der Waals surface area contributed by atoms with Crippen molar-refractivity contribution in [1.82, 2.24) is 4.98 Å². The summed E-state index contributed by atoms with van der Waals surface area (Å²) in [5.41, 5.74) is 2.12. The topological polar surface area (TPSA) is 33.1 Å². The zero-order valence-electron chi connectivity index (χ0n) is 8.85. The Morgan fingerprint density at radius 3 is 2.81 bits per heavy atom. The number of rotatable bonds is 3. The molecule has 4 heteroatoms. The van der Waals surface area contributed by atoms with Gasteiger partial charge in [0.05, 0.1) is 0 Å². The van der Waals surface area contributed by atoms with Crippen LogP contribution in [-0.2, 0) is 6.42 Å². The maximum atomic E-state index is 10.2. The highest BCUT2D eigenvalue weighted by molar-refractivity contribution is 9.10. The van der Waals surface area contributed by atoms with Crippen molar-refractivity contribution in [2.45, 2.75) is 19.4 Å². The van der Waals surface area contributed by atoms with Gasteiger partial charge in [0.1, 0.15) is 15.7 Å². The molecule has 1 aromatic carbocycles. The van der Waals surface area contributed by atoms with E-state index in [2.05, 4.69) is 27.8 Å². The van der Waals surface area contributed by atoms with E-state index in [9.17, 15) is 5.11 Å². The first-order valence-corrected chi connectivity index (χ1v) is 6.76. The monoisotopic (exact) mass is 297 g/mol. The number of thiazole rings is 1. The van der Waals surface area contributed by atoms with E-state index in [-0.39, 0.29) is 0 Å². The molecule has 1 unspecified atom stereocenters. The minimum absolute atomic E-state index is 0.618. The molecule has 1 atom stereocenters. The molecule has 0 radical (unpaired) electrons. The average molecular weight is 298 g/mol. The molecule has 0 saturated heterocycles. The van der Waals surface area contributed by atoms with Crippen LogP contribution in [-0.4, -0.2) is 10.1 Å². The summed E-state index contributed by atoms with van der Waals surface area (Å²) >= 11 is 4.76. The second kappa shape index (κ2) is 5.08. The van der Waals surface area contributed by atoms with Crippen LogP contribution in [0.2, 0.25) is 0 Å². The van der Waals surface area contributed by atoms with Crippen LogP contribution < -0.4 is 0 Å². The van der Waals surface area contributed by atoms with Gasteiger partial charge < -0.3 is 5.11 Å². The molecule has 2 aromatic rings. The number of aliphatic hydroxyl groups is 1. The SMILES string of the molecule is CCc1ccccc1C(O)c1nc(Br)cs1. The third-order valence-electron chi connectivity index (χ3n) is 2.46. The third kappa shape index (κ3) is 2.34. The maximum Gasteiger partial charge on any atom is 0.131 e. The third-order valence-corrected chi connectivity index (χ3v) is 4.06. The van der Waals surface area contributed by atoms with Crippen molar-refractivity contribution >= 4 is 27.3 Å². The Bertz CT molecular complexity index is 483. The molecule has 0 aliphatic rings. The lowest BCUT2D eigenvalue weighted by Crippen LogP contribution is -2.02. The van der Waals surface area contributed by atoms with E-state index in [1.54, 1.807) is 0 Å². The second-order valence-corrected chi connectivity index (χ2v) is 5.17. The van der Waals surface area contributed by atoms with Crippen LogP contribution in [0.5, 0.6) is 0 Å². The summed E-state index contributed by atoms with van der Waals surface area (Å²) in [6, 6.07) is 7.94. The molecule has 1 aromatic heterocycles. The van der Waals surface area contributed by atoms with Gasteiger partial charge in [0, 0.05) is 5.38 Å². The van der Waals surface area contributed by atoms with Gasteiger partial charge in [-0.05, 0) is 33.5 Å². The molecule has 0 aliphatic heterocycles. The Hall–Kier alpha value is -0.710. The molecule has 1 heterocycles. The summed E-state index contributed by atoms with van der Waals surface area (Å²) in [4.78, 5) is 4.25. The zero-order chi connectivity index (χ0) is 11.5. The summed E-state index contributed by atoms with van der Waals surface area (Å²) in [6.07, 6.45) is 0.298. The number of benzene rings is 1. The molecule has 0 bridgehead atoms. The van der Waals surface area contributed by atoms with Crippen molar-refractivity contribution in [1.29, 1.82) is 0 Å². The summed E-state index contributed by atoms with van der Waals surface area (Å²) in [6.45, 7) is 2.09. The van der Waals surface area contributed by atoms with E-state index in [1.807, 2.05) is 29.6 Å². The van der Waals surface area contributed by atoms with Crippen LogP contribution in [0.25, 0.3) is 0 Å². The summed E-state index contributed by atoms with van der Waals surface area (Å²) in [5, 5.41) is 12.9. The maximum absolute atomic E-state index is 10.2. The van der Waals surface area contributed by atoms with Crippen molar-refractivity contribution in [2.24, 2.45) is 0 Å². The fraction of sp³-hybridized carbons (Fsp3) is 0.250. The van der Waals surface area contributed by atoms with Crippen molar-refractivity contribution in [2.75, 3.05) is 0 Å². The van der Waals surface area contributed by atoms with Gasteiger partial charge in [-0.15, -0.1) is 11.3 Å². The number of aromatic nitrogens is 1. The van der Waals surface area contributed by atoms with Crippen molar-refractivity contribution < 1.29 is 5.11 Å². The lowest BCUT2D eigenvalue weighted by Gasteiger charge is -2.12.